The van der Waals surface area contributed by atoms with E-state index in [1.165, 1.54) is 23.5 Å². The molecule has 4 nitrogen and oxygen atoms in total. The highest BCUT2D eigenvalue weighted by atomic mass is 32.1. The number of hydrogen-bond acceptors (Lipinski definition) is 4. The van der Waals surface area contributed by atoms with Crippen LogP contribution >= 0.6 is 11.3 Å². The van der Waals surface area contributed by atoms with Gasteiger partial charge in [-0.2, -0.15) is 0 Å². The van der Waals surface area contributed by atoms with Crippen LogP contribution in [0.3, 0.4) is 0 Å². The molecule has 0 N–H and O–H groups in total. The zero-order valence-corrected chi connectivity index (χ0v) is 14.0. The minimum absolute atomic E-state index is 0.00973. The molecular weight excluding hydrogens is 315 g/mol. The van der Waals surface area contributed by atoms with E-state index >= 15 is 0 Å². The molecule has 2 aromatic rings. The lowest BCUT2D eigenvalue weighted by Gasteiger charge is -2.36. The number of aromatic nitrogens is 1. The lowest BCUT2D eigenvalue weighted by atomic mass is 10.2. The Hall–Kier alpha value is -1.79. The van der Waals surface area contributed by atoms with Crippen molar-refractivity contribution in [1.82, 2.24) is 9.88 Å². The van der Waals surface area contributed by atoms with E-state index in [4.69, 9.17) is 4.74 Å². The fourth-order valence-corrected chi connectivity index (χ4v) is 3.50. The number of amides is 1. The van der Waals surface area contributed by atoms with Crippen LogP contribution in [0.1, 0.15) is 34.1 Å². The molecule has 1 aromatic carbocycles. The first-order chi connectivity index (χ1) is 11.0. The van der Waals surface area contributed by atoms with Gasteiger partial charge in [0, 0.05) is 13.0 Å². The summed E-state index contributed by atoms with van der Waals surface area (Å²) in [4.78, 5) is 19.5. The monoisotopic (exact) mass is 334 g/mol. The fraction of sp³-hybridized carbons (Fsp3) is 0.412. The highest BCUT2D eigenvalue weighted by molar-refractivity contribution is 7.13. The maximum atomic E-state index is 12.9. The van der Waals surface area contributed by atoms with Crippen molar-refractivity contribution in [2.24, 2.45) is 0 Å². The van der Waals surface area contributed by atoms with Gasteiger partial charge in [-0.3, -0.25) is 4.79 Å². The third-order valence-electron chi connectivity index (χ3n) is 3.90. The van der Waals surface area contributed by atoms with Crippen LogP contribution in [0.2, 0.25) is 0 Å². The minimum atomic E-state index is -0.251. The Morgan fingerprint density at radius 2 is 2.13 bits per heavy atom. The van der Waals surface area contributed by atoms with Crippen molar-refractivity contribution in [1.29, 1.82) is 0 Å². The summed E-state index contributed by atoms with van der Waals surface area (Å²) in [6, 6.07) is 6.42. The Bertz CT molecular complexity index is 686. The number of carbonyl (C=O) groups is 1. The molecule has 0 unspecified atom stereocenters. The molecule has 1 saturated heterocycles. The molecule has 1 fully saturated rings. The average Bonchev–Trinajstić information content (AvgIpc) is 3.00. The molecule has 1 aromatic heterocycles. The first kappa shape index (κ1) is 16.1. The zero-order chi connectivity index (χ0) is 16.4. The number of nitrogens with zero attached hydrogens (tertiary/aromatic N) is 2. The SMILES string of the molecule is C[C@@H]1CN(C(=O)c2cnc(Cc3ccc(F)cc3)s2)[C@H](C)CO1. The number of halogens is 1. The van der Waals surface area contributed by atoms with Crippen molar-refractivity contribution >= 4 is 17.2 Å². The van der Waals surface area contributed by atoms with Crippen molar-refractivity contribution in [3.63, 3.8) is 0 Å². The predicted molar refractivity (Wildman–Crippen MR) is 87.2 cm³/mol. The van der Waals surface area contributed by atoms with Gasteiger partial charge < -0.3 is 9.64 Å². The number of benzene rings is 1. The number of morpholine rings is 1. The number of rotatable bonds is 3. The van der Waals surface area contributed by atoms with E-state index in [-0.39, 0.29) is 23.9 Å². The van der Waals surface area contributed by atoms with Crippen molar-refractivity contribution in [2.45, 2.75) is 32.4 Å². The molecule has 1 aliphatic heterocycles. The molecule has 2 heterocycles. The second kappa shape index (κ2) is 6.76. The minimum Gasteiger partial charge on any atom is -0.375 e. The van der Waals surface area contributed by atoms with Gasteiger partial charge in [-0.05, 0) is 31.5 Å². The molecule has 2 atom stereocenters. The second-order valence-corrected chi connectivity index (χ2v) is 6.99. The highest BCUT2D eigenvalue weighted by Crippen LogP contribution is 2.21. The van der Waals surface area contributed by atoms with Gasteiger partial charge in [0.05, 0.1) is 30.0 Å². The highest BCUT2D eigenvalue weighted by Gasteiger charge is 2.29. The van der Waals surface area contributed by atoms with Gasteiger partial charge in [0.25, 0.3) is 5.91 Å². The van der Waals surface area contributed by atoms with Crippen LogP contribution in [0.15, 0.2) is 30.5 Å². The van der Waals surface area contributed by atoms with Crippen LogP contribution in [0, 0.1) is 5.82 Å². The summed E-state index contributed by atoms with van der Waals surface area (Å²) in [6.07, 6.45) is 2.30. The number of ether oxygens (including phenoxy) is 1. The molecule has 0 aliphatic carbocycles. The van der Waals surface area contributed by atoms with Crippen LogP contribution < -0.4 is 0 Å². The van der Waals surface area contributed by atoms with E-state index < -0.39 is 0 Å². The lowest BCUT2D eigenvalue weighted by molar-refractivity contribution is -0.0385. The second-order valence-electron chi connectivity index (χ2n) is 5.87. The normalized spacial score (nSPS) is 21.4. The number of hydrogen-bond donors (Lipinski definition) is 0. The van der Waals surface area contributed by atoms with Crippen LogP contribution in [-0.2, 0) is 11.2 Å². The average molecular weight is 334 g/mol. The quantitative estimate of drug-likeness (QED) is 0.866. The molecule has 0 radical (unpaired) electrons. The summed E-state index contributed by atoms with van der Waals surface area (Å²) in [5, 5.41) is 0.855. The molecule has 3 rings (SSSR count). The van der Waals surface area contributed by atoms with Crippen molar-refractivity contribution in [2.75, 3.05) is 13.2 Å². The third kappa shape index (κ3) is 3.76. The summed E-state index contributed by atoms with van der Waals surface area (Å²) in [5.41, 5.74) is 0.980. The summed E-state index contributed by atoms with van der Waals surface area (Å²) >= 11 is 1.40. The van der Waals surface area contributed by atoms with Gasteiger partial charge in [-0.15, -0.1) is 11.3 Å². The molecule has 0 spiro atoms. The van der Waals surface area contributed by atoms with Crippen LogP contribution in [-0.4, -0.2) is 41.1 Å². The van der Waals surface area contributed by atoms with Gasteiger partial charge in [0.1, 0.15) is 10.7 Å². The molecular formula is C17H19FN2O2S. The van der Waals surface area contributed by atoms with Crippen LogP contribution in [0.4, 0.5) is 4.39 Å². The van der Waals surface area contributed by atoms with Crippen molar-refractivity contribution in [3.05, 3.63) is 51.7 Å². The molecule has 0 bridgehead atoms. The van der Waals surface area contributed by atoms with Gasteiger partial charge in [0.2, 0.25) is 0 Å². The van der Waals surface area contributed by atoms with Crippen molar-refractivity contribution < 1.29 is 13.9 Å². The lowest BCUT2D eigenvalue weighted by Crippen LogP contribution is -2.50. The third-order valence-corrected chi connectivity index (χ3v) is 4.89. The first-order valence-corrected chi connectivity index (χ1v) is 8.46. The molecule has 1 aliphatic rings. The summed E-state index contributed by atoms with van der Waals surface area (Å²) < 4.78 is 18.5. The number of thiazole rings is 1. The van der Waals surface area contributed by atoms with E-state index in [2.05, 4.69) is 4.98 Å². The first-order valence-electron chi connectivity index (χ1n) is 7.64. The molecule has 122 valence electrons. The van der Waals surface area contributed by atoms with Gasteiger partial charge in [-0.1, -0.05) is 12.1 Å². The largest absolute Gasteiger partial charge is 0.375 e. The van der Waals surface area contributed by atoms with Crippen LogP contribution in [0.5, 0.6) is 0 Å². The van der Waals surface area contributed by atoms with Gasteiger partial charge in [-0.25, -0.2) is 9.37 Å². The van der Waals surface area contributed by atoms with E-state index in [9.17, 15) is 9.18 Å². The Labute approximate surface area is 138 Å². The smallest absolute Gasteiger partial charge is 0.265 e. The zero-order valence-electron chi connectivity index (χ0n) is 13.2. The molecule has 23 heavy (non-hydrogen) atoms. The molecule has 0 saturated carbocycles. The van der Waals surface area contributed by atoms with Gasteiger partial charge >= 0.3 is 0 Å². The Kier molecular flexibility index (Phi) is 4.73. The van der Waals surface area contributed by atoms with Crippen LogP contribution in [0.25, 0.3) is 0 Å². The van der Waals surface area contributed by atoms with E-state index in [1.54, 1.807) is 18.3 Å². The summed E-state index contributed by atoms with van der Waals surface area (Å²) in [6.45, 7) is 5.13. The van der Waals surface area contributed by atoms with E-state index in [0.29, 0.717) is 24.4 Å². The Morgan fingerprint density at radius 1 is 1.39 bits per heavy atom. The molecule has 6 heteroatoms. The topological polar surface area (TPSA) is 42.4 Å². The van der Waals surface area contributed by atoms with E-state index in [1.807, 2.05) is 18.7 Å². The standard InChI is InChI=1S/C17H19FN2O2S/c1-11-10-22-12(2)9-20(11)17(21)15-8-19-16(23-15)7-13-3-5-14(18)6-4-13/h3-6,8,11-12H,7,9-10H2,1-2H3/t11-,12-/m1/s1. The maximum absolute atomic E-state index is 12.9. The van der Waals surface area contributed by atoms with Gasteiger partial charge in [0.15, 0.2) is 0 Å². The summed E-state index contributed by atoms with van der Waals surface area (Å²) in [7, 11) is 0. The predicted octanol–water partition coefficient (Wildman–Crippen LogP) is 3.12. The maximum Gasteiger partial charge on any atom is 0.265 e. The summed E-state index contributed by atoms with van der Waals surface area (Å²) in [5.74, 6) is -0.241. The van der Waals surface area contributed by atoms with Crippen molar-refractivity contribution in [3.8, 4) is 0 Å². The number of carbonyl (C=O) groups excluding carboxylic acids is 1. The Balaban J connectivity index is 1.70. The van der Waals surface area contributed by atoms with E-state index in [0.717, 1.165) is 10.6 Å². The fourth-order valence-electron chi connectivity index (χ4n) is 2.60. The molecule has 1 amide bonds. The Morgan fingerprint density at radius 3 is 2.87 bits per heavy atom.